The molecule has 12 heteroatoms. The number of thiazole rings is 1. The molecule has 0 aliphatic rings. The Hall–Kier alpha value is -4.32. The molecular formula is C27H32N6O5S. The van der Waals surface area contributed by atoms with Crippen LogP contribution >= 0.6 is 11.3 Å². The van der Waals surface area contributed by atoms with Crippen molar-refractivity contribution in [2.45, 2.75) is 27.7 Å². The minimum atomic E-state index is -0.122. The average molecular weight is 553 g/mol. The summed E-state index contributed by atoms with van der Waals surface area (Å²) in [6.07, 6.45) is 0. The predicted molar refractivity (Wildman–Crippen MR) is 152 cm³/mol. The Morgan fingerprint density at radius 3 is 2.31 bits per heavy atom. The van der Waals surface area contributed by atoms with E-state index in [1.165, 1.54) is 11.3 Å². The fourth-order valence-corrected chi connectivity index (χ4v) is 4.57. The largest absolute Gasteiger partial charge is 0.493 e. The van der Waals surface area contributed by atoms with Crippen LogP contribution in [0.25, 0.3) is 22.2 Å². The van der Waals surface area contributed by atoms with E-state index in [1.807, 2.05) is 45.9 Å². The molecule has 2 aromatic carbocycles. The second-order valence-corrected chi connectivity index (χ2v) is 10.2. The molecule has 4 N–H and O–H groups in total. The first kappa shape index (κ1) is 27.7. The molecule has 0 bridgehead atoms. The molecule has 39 heavy (non-hydrogen) atoms. The number of carbonyl (C=O) groups excluding carboxylic acids is 1. The number of nitrogens with two attached hydrogens (primary N) is 1. The van der Waals surface area contributed by atoms with Crippen LogP contribution in [0.2, 0.25) is 0 Å². The molecule has 0 saturated heterocycles. The lowest BCUT2D eigenvalue weighted by molar-refractivity contribution is -0.120. The van der Waals surface area contributed by atoms with Gasteiger partial charge in [0, 0.05) is 35.0 Å². The van der Waals surface area contributed by atoms with Crippen LogP contribution in [0.4, 0.5) is 22.3 Å². The second-order valence-electron chi connectivity index (χ2n) is 9.25. The Kier molecular flexibility index (Phi) is 8.24. The molecule has 11 nitrogen and oxygen atoms in total. The first-order valence-electron chi connectivity index (χ1n) is 12.2. The molecule has 206 valence electrons. The molecular weight excluding hydrogens is 520 g/mol. The summed E-state index contributed by atoms with van der Waals surface area (Å²) in [4.78, 5) is 22.0. The highest BCUT2D eigenvalue weighted by atomic mass is 32.1. The summed E-state index contributed by atoms with van der Waals surface area (Å²) in [5.74, 6) is 2.40. The first-order valence-corrected chi connectivity index (χ1v) is 13.1. The van der Waals surface area contributed by atoms with Gasteiger partial charge in [0.1, 0.15) is 10.7 Å². The third kappa shape index (κ3) is 5.90. The minimum absolute atomic E-state index is 0.0434. The van der Waals surface area contributed by atoms with Gasteiger partial charge in [-0.1, -0.05) is 43.3 Å². The maximum Gasteiger partial charge on any atom is 0.272 e. The molecule has 4 aromatic rings. The fraction of sp³-hybridized carbons (Fsp3) is 0.333. The molecule has 0 aliphatic carbocycles. The highest BCUT2D eigenvalue weighted by Gasteiger charge is 2.21. The minimum Gasteiger partial charge on any atom is -0.493 e. The number of rotatable bonds is 10. The van der Waals surface area contributed by atoms with Crippen LogP contribution < -0.4 is 30.6 Å². The van der Waals surface area contributed by atoms with Crippen LogP contribution in [0.3, 0.4) is 0 Å². The number of aryl methyl sites for hydroxylation is 1. The van der Waals surface area contributed by atoms with Crippen LogP contribution in [0.5, 0.6) is 17.2 Å². The number of hydrogen-bond donors (Lipinski definition) is 3. The zero-order valence-electron chi connectivity index (χ0n) is 22.9. The Morgan fingerprint density at radius 1 is 1.00 bits per heavy atom. The SMILES string of the molecule is COc1cc(Nc2nc(N)c(-c3nc(-c4cc(NC(=O)C(C)C(C)C)ccc4C)no3)s2)cc(OC)c1OC. The van der Waals surface area contributed by atoms with Crippen molar-refractivity contribution in [3.63, 3.8) is 0 Å². The molecule has 4 rings (SSSR count). The molecule has 1 unspecified atom stereocenters. The smallest absolute Gasteiger partial charge is 0.272 e. The van der Waals surface area contributed by atoms with Gasteiger partial charge in [-0.25, -0.2) is 4.98 Å². The lowest BCUT2D eigenvalue weighted by Gasteiger charge is -2.16. The van der Waals surface area contributed by atoms with Crippen LogP contribution in [0.1, 0.15) is 26.3 Å². The van der Waals surface area contributed by atoms with Gasteiger partial charge in [0.25, 0.3) is 5.89 Å². The monoisotopic (exact) mass is 552 g/mol. The van der Waals surface area contributed by atoms with Gasteiger partial charge < -0.3 is 35.1 Å². The Morgan fingerprint density at radius 2 is 1.69 bits per heavy atom. The maximum atomic E-state index is 12.5. The molecule has 2 aromatic heterocycles. The second kappa shape index (κ2) is 11.6. The van der Waals surface area contributed by atoms with Crippen LogP contribution in [-0.4, -0.2) is 42.4 Å². The Bertz CT molecular complexity index is 1460. The number of methoxy groups -OCH3 is 3. The summed E-state index contributed by atoms with van der Waals surface area (Å²) >= 11 is 1.26. The zero-order valence-corrected chi connectivity index (χ0v) is 23.7. The van der Waals surface area contributed by atoms with E-state index < -0.39 is 0 Å². The third-order valence-electron chi connectivity index (χ3n) is 6.35. The lowest BCUT2D eigenvalue weighted by atomic mass is 9.97. The van der Waals surface area contributed by atoms with Crippen LogP contribution in [0, 0.1) is 18.8 Å². The molecule has 0 fully saturated rings. The van der Waals surface area contributed by atoms with E-state index in [0.29, 0.717) is 44.5 Å². The average Bonchev–Trinajstić information content (AvgIpc) is 3.54. The van der Waals surface area contributed by atoms with Crippen molar-refractivity contribution in [2.24, 2.45) is 11.8 Å². The van der Waals surface area contributed by atoms with Crippen molar-refractivity contribution in [3.8, 4) is 39.4 Å². The van der Waals surface area contributed by atoms with Crippen LogP contribution in [-0.2, 0) is 4.79 Å². The van der Waals surface area contributed by atoms with E-state index in [-0.39, 0.29) is 29.5 Å². The van der Waals surface area contributed by atoms with E-state index in [9.17, 15) is 4.79 Å². The van der Waals surface area contributed by atoms with Gasteiger partial charge in [0.2, 0.25) is 17.5 Å². The molecule has 0 aliphatic heterocycles. The van der Waals surface area contributed by atoms with Gasteiger partial charge in [0.05, 0.1) is 21.3 Å². The van der Waals surface area contributed by atoms with E-state index in [0.717, 1.165) is 11.1 Å². The summed E-state index contributed by atoms with van der Waals surface area (Å²) in [6, 6.07) is 9.12. The van der Waals surface area contributed by atoms with Gasteiger partial charge in [-0.2, -0.15) is 4.98 Å². The van der Waals surface area contributed by atoms with Crippen molar-refractivity contribution in [2.75, 3.05) is 37.7 Å². The van der Waals surface area contributed by atoms with Gasteiger partial charge in [-0.15, -0.1) is 0 Å². The predicted octanol–water partition coefficient (Wildman–Crippen LogP) is 5.75. The summed E-state index contributed by atoms with van der Waals surface area (Å²) < 4.78 is 21.8. The normalized spacial score (nSPS) is 11.8. The number of nitrogens with zero attached hydrogens (tertiary/aromatic N) is 3. The number of anilines is 4. The number of hydrogen-bond acceptors (Lipinski definition) is 11. The Balaban J connectivity index is 1.58. The van der Waals surface area contributed by atoms with Crippen molar-refractivity contribution < 1.29 is 23.5 Å². The van der Waals surface area contributed by atoms with Crippen molar-refractivity contribution in [1.29, 1.82) is 0 Å². The van der Waals surface area contributed by atoms with E-state index >= 15 is 0 Å². The standard InChI is InChI=1S/C27H32N6O5S/c1-13(2)15(4)25(34)29-16-9-8-14(3)18(10-16)24-32-26(38-33-24)22-23(28)31-27(39-22)30-17-11-19(35-5)21(37-7)20(12-17)36-6/h8-13,15H,28H2,1-7H3,(H,29,34)(H,30,31). The molecule has 0 radical (unpaired) electrons. The molecule has 0 spiro atoms. The van der Waals surface area contributed by atoms with Gasteiger partial charge in [-0.05, 0) is 30.5 Å². The highest BCUT2D eigenvalue weighted by molar-refractivity contribution is 7.19. The number of nitrogen functional groups attached to an aromatic ring is 1. The van der Waals surface area contributed by atoms with Crippen molar-refractivity contribution in [3.05, 3.63) is 35.9 Å². The van der Waals surface area contributed by atoms with E-state index in [1.54, 1.807) is 33.5 Å². The van der Waals surface area contributed by atoms with Gasteiger partial charge in [-0.3, -0.25) is 4.79 Å². The fourth-order valence-electron chi connectivity index (χ4n) is 3.74. The number of amides is 1. The summed E-state index contributed by atoms with van der Waals surface area (Å²) in [7, 11) is 4.64. The lowest BCUT2D eigenvalue weighted by Crippen LogP contribution is -2.24. The molecule has 0 saturated carbocycles. The number of aromatic nitrogens is 3. The molecule has 1 amide bonds. The first-order chi connectivity index (χ1) is 18.6. The number of ether oxygens (including phenoxy) is 3. The Labute approximate surface area is 230 Å². The number of nitrogens with one attached hydrogen (secondary N) is 2. The summed E-state index contributed by atoms with van der Waals surface area (Å²) in [5.41, 5.74) is 9.20. The van der Waals surface area contributed by atoms with Crippen LogP contribution in [0.15, 0.2) is 34.9 Å². The van der Waals surface area contributed by atoms with E-state index in [4.69, 9.17) is 24.5 Å². The summed E-state index contributed by atoms with van der Waals surface area (Å²) in [5, 5.41) is 10.9. The van der Waals surface area contributed by atoms with Crippen molar-refractivity contribution in [1.82, 2.24) is 15.1 Å². The number of carbonyl (C=O) groups is 1. The summed E-state index contributed by atoms with van der Waals surface area (Å²) in [6.45, 7) is 7.88. The third-order valence-corrected chi connectivity index (χ3v) is 7.32. The van der Waals surface area contributed by atoms with Crippen molar-refractivity contribution >= 4 is 39.6 Å². The topological polar surface area (TPSA) is 147 Å². The molecule has 2 heterocycles. The van der Waals surface area contributed by atoms with Gasteiger partial charge >= 0.3 is 0 Å². The van der Waals surface area contributed by atoms with Gasteiger partial charge in [0.15, 0.2) is 16.6 Å². The zero-order chi connectivity index (χ0) is 28.3. The maximum absolute atomic E-state index is 12.5. The van der Waals surface area contributed by atoms with E-state index in [2.05, 4.69) is 25.8 Å². The highest BCUT2D eigenvalue weighted by Crippen LogP contribution is 2.42. The quantitative estimate of drug-likeness (QED) is 0.222. The number of benzene rings is 2. The molecule has 1 atom stereocenters.